The van der Waals surface area contributed by atoms with Crippen molar-refractivity contribution in [1.82, 2.24) is 5.32 Å². The minimum atomic E-state index is -0.740. The molecule has 0 atom stereocenters. The van der Waals surface area contributed by atoms with Gasteiger partial charge in [-0.1, -0.05) is 36.4 Å². The van der Waals surface area contributed by atoms with Gasteiger partial charge in [0.15, 0.2) is 5.11 Å². The van der Waals surface area contributed by atoms with Crippen LogP contribution in [-0.2, 0) is 6.42 Å². The van der Waals surface area contributed by atoms with Crippen LogP contribution in [0.2, 0.25) is 0 Å². The molecule has 0 saturated heterocycles. The number of amides is 1. The highest BCUT2D eigenvalue weighted by atomic mass is 32.1. The minimum Gasteiger partial charge on any atom is -0.493 e. The molecular weight excluding hydrogens is 421 g/mol. The van der Waals surface area contributed by atoms with Crippen LogP contribution >= 0.6 is 12.2 Å². The molecule has 0 saturated carbocycles. The van der Waals surface area contributed by atoms with Gasteiger partial charge in [-0.15, -0.1) is 0 Å². The predicted molar refractivity (Wildman–Crippen MR) is 119 cm³/mol. The van der Waals surface area contributed by atoms with Gasteiger partial charge >= 0.3 is 0 Å². The number of carbonyl (C=O) groups excluding carboxylic acids is 1. The Hall–Kier alpha value is -3.85. The first kappa shape index (κ1) is 21.8. The Morgan fingerprint density at radius 2 is 1.84 bits per heavy atom. The number of carbonyl (C=O) groups is 1. The number of anilines is 1. The smallest absolute Gasteiger partial charge is 0.271 e. The number of nitrogens with one attached hydrogen (secondary N) is 2. The van der Waals surface area contributed by atoms with Crippen LogP contribution in [0.5, 0.6) is 5.75 Å². The largest absolute Gasteiger partial charge is 0.493 e. The molecule has 158 valence electrons. The maximum Gasteiger partial charge on any atom is 0.271 e. The van der Waals surface area contributed by atoms with Crippen molar-refractivity contribution in [3.63, 3.8) is 0 Å². The molecule has 31 heavy (non-hydrogen) atoms. The summed E-state index contributed by atoms with van der Waals surface area (Å²) in [5.74, 6) is -0.750. The highest BCUT2D eigenvalue weighted by Crippen LogP contribution is 2.21. The summed E-state index contributed by atoms with van der Waals surface area (Å²) in [7, 11) is 0. The van der Waals surface area contributed by atoms with Crippen molar-refractivity contribution in [2.75, 3.05) is 11.9 Å². The van der Waals surface area contributed by atoms with Crippen molar-refractivity contribution in [2.45, 2.75) is 6.42 Å². The second kappa shape index (κ2) is 10.3. The van der Waals surface area contributed by atoms with E-state index in [1.807, 2.05) is 30.3 Å². The maximum atomic E-state index is 13.9. The molecular formula is C22H18FN3O4S. The number of hydrogen-bond donors (Lipinski definition) is 2. The van der Waals surface area contributed by atoms with E-state index in [9.17, 15) is 19.3 Å². The van der Waals surface area contributed by atoms with Crippen molar-refractivity contribution >= 4 is 34.6 Å². The molecule has 3 aromatic carbocycles. The van der Waals surface area contributed by atoms with Crippen LogP contribution in [-0.4, -0.2) is 22.5 Å². The molecule has 2 N–H and O–H groups in total. The first-order chi connectivity index (χ1) is 14.9. The van der Waals surface area contributed by atoms with Crippen LogP contribution in [0.1, 0.15) is 15.9 Å². The van der Waals surface area contributed by atoms with E-state index in [0.29, 0.717) is 17.9 Å². The van der Waals surface area contributed by atoms with Crippen LogP contribution in [0.4, 0.5) is 15.8 Å². The number of nitro benzene ring substituents is 1. The summed E-state index contributed by atoms with van der Waals surface area (Å²) < 4.78 is 19.6. The number of thiocarbonyl (C=S) groups is 1. The van der Waals surface area contributed by atoms with E-state index in [-0.39, 0.29) is 16.5 Å². The number of rotatable bonds is 7. The standard InChI is InChI=1S/C22H18FN3O4S/c23-19-10-9-17(26(28)29)14-20(19)24-22(31)25-21(27)16-7-4-8-18(13-16)30-12-11-15-5-2-1-3-6-15/h1-10,13-14H,11-12H2,(H2,24,25,27,31). The van der Waals surface area contributed by atoms with Crippen molar-refractivity contribution in [1.29, 1.82) is 0 Å². The van der Waals surface area contributed by atoms with Crippen molar-refractivity contribution in [2.24, 2.45) is 0 Å². The molecule has 0 aliphatic rings. The topological polar surface area (TPSA) is 93.5 Å². The van der Waals surface area contributed by atoms with E-state index in [0.717, 1.165) is 30.2 Å². The van der Waals surface area contributed by atoms with Gasteiger partial charge in [-0.2, -0.15) is 0 Å². The number of hydrogen-bond acceptors (Lipinski definition) is 5. The molecule has 1 amide bonds. The molecule has 0 unspecified atom stereocenters. The van der Waals surface area contributed by atoms with Gasteiger partial charge in [0.2, 0.25) is 0 Å². The van der Waals surface area contributed by atoms with Crippen molar-refractivity contribution < 1.29 is 18.8 Å². The van der Waals surface area contributed by atoms with Gasteiger partial charge in [0, 0.05) is 24.1 Å². The number of halogens is 1. The molecule has 3 rings (SSSR count). The number of ether oxygens (including phenoxy) is 1. The molecule has 0 aromatic heterocycles. The third-order valence-electron chi connectivity index (χ3n) is 4.23. The molecule has 7 nitrogen and oxygen atoms in total. The molecule has 0 heterocycles. The van der Waals surface area contributed by atoms with Crippen LogP contribution in [0, 0.1) is 15.9 Å². The zero-order valence-corrected chi connectivity index (χ0v) is 17.0. The Bertz CT molecular complexity index is 1110. The number of non-ortho nitro benzene ring substituents is 1. The summed E-state index contributed by atoms with van der Waals surface area (Å²) in [5.41, 5.74) is 0.915. The summed E-state index contributed by atoms with van der Waals surface area (Å²) in [6, 6.07) is 19.4. The van der Waals surface area contributed by atoms with Crippen molar-refractivity contribution in [3.05, 3.63) is 99.9 Å². The maximum absolute atomic E-state index is 13.9. The third-order valence-corrected chi connectivity index (χ3v) is 4.44. The van der Waals surface area contributed by atoms with Gasteiger partial charge in [-0.05, 0) is 42.0 Å². The molecule has 0 fully saturated rings. The summed E-state index contributed by atoms with van der Waals surface area (Å²) in [4.78, 5) is 22.6. The lowest BCUT2D eigenvalue weighted by molar-refractivity contribution is -0.384. The Balaban J connectivity index is 1.57. The molecule has 0 radical (unpaired) electrons. The fraction of sp³-hybridized carbons (Fsp3) is 0.0909. The first-order valence-corrected chi connectivity index (χ1v) is 9.66. The molecule has 0 aliphatic heterocycles. The predicted octanol–water partition coefficient (Wildman–Crippen LogP) is 4.48. The highest BCUT2D eigenvalue weighted by molar-refractivity contribution is 7.80. The number of nitro groups is 1. The highest BCUT2D eigenvalue weighted by Gasteiger charge is 2.14. The summed E-state index contributed by atoms with van der Waals surface area (Å²) in [5, 5.41) is 15.5. The number of benzene rings is 3. The SMILES string of the molecule is O=C(NC(=S)Nc1cc([N+](=O)[O-])ccc1F)c1cccc(OCCc2ccccc2)c1. The summed E-state index contributed by atoms with van der Waals surface area (Å²) in [6.45, 7) is 0.446. The van der Waals surface area contributed by atoms with Crippen LogP contribution in [0.25, 0.3) is 0 Å². The van der Waals surface area contributed by atoms with Gasteiger partial charge in [0.25, 0.3) is 11.6 Å². The van der Waals surface area contributed by atoms with E-state index < -0.39 is 16.6 Å². The number of nitrogens with zero attached hydrogens (tertiary/aromatic N) is 1. The fourth-order valence-corrected chi connectivity index (χ4v) is 2.91. The van der Waals surface area contributed by atoms with Gasteiger partial charge in [0.1, 0.15) is 11.6 Å². The van der Waals surface area contributed by atoms with E-state index in [2.05, 4.69) is 10.6 Å². The lowest BCUT2D eigenvalue weighted by atomic mass is 10.2. The second-order valence-corrected chi connectivity index (χ2v) is 6.85. The zero-order valence-electron chi connectivity index (χ0n) is 16.2. The monoisotopic (exact) mass is 439 g/mol. The normalized spacial score (nSPS) is 10.2. The van der Waals surface area contributed by atoms with Gasteiger partial charge in [0.05, 0.1) is 17.2 Å². The average Bonchev–Trinajstić information content (AvgIpc) is 2.76. The molecule has 3 aromatic rings. The average molecular weight is 439 g/mol. The summed E-state index contributed by atoms with van der Waals surface area (Å²) in [6.07, 6.45) is 0.722. The first-order valence-electron chi connectivity index (χ1n) is 9.25. The Morgan fingerprint density at radius 1 is 1.06 bits per heavy atom. The summed E-state index contributed by atoms with van der Waals surface area (Å²) >= 11 is 5.03. The Labute approximate surface area is 183 Å². The zero-order chi connectivity index (χ0) is 22.2. The van der Waals surface area contributed by atoms with Crippen molar-refractivity contribution in [3.8, 4) is 5.75 Å². The molecule has 0 spiro atoms. The lowest BCUT2D eigenvalue weighted by Crippen LogP contribution is -2.34. The lowest BCUT2D eigenvalue weighted by Gasteiger charge is -2.11. The molecule has 0 bridgehead atoms. The quantitative estimate of drug-likeness (QED) is 0.320. The minimum absolute atomic E-state index is 0.195. The van der Waals surface area contributed by atoms with E-state index in [1.54, 1.807) is 24.3 Å². The van der Waals surface area contributed by atoms with Gasteiger partial charge in [-0.3, -0.25) is 20.2 Å². The van der Waals surface area contributed by atoms with Gasteiger partial charge in [-0.25, -0.2) is 4.39 Å². The van der Waals surface area contributed by atoms with Crippen LogP contribution in [0.15, 0.2) is 72.8 Å². The van der Waals surface area contributed by atoms with Crippen LogP contribution < -0.4 is 15.4 Å². The molecule has 0 aliphatic carbocycles. The van der Waals surface area contributed by atoms with Crippen LogP contribution in [0.3, 0.4) is 0 Å². The fourth-order valence-electron chi connectivity index (χ4n) is 2.71. The van der Waals surface area contributed by atoms with E-state index >= 15 is 0 Å². The van der Waals surface area contributed by atoms with E-state index in [1.165, 1.54) is 0 Å². The Kier molecular flexibility index (Phi) is 7.23. The third kappa shape index (κ3) is 6.31. The molecule has 9 heteroatoms. The Morgan fingerprint density at radius 3 is 2.58 bits per heavy atom. The van der Waals surface area contributed by atoms with Gasteiger partial charge < -0.3 is 10.1 Å². The van der Waals surface area contributed by atoms with E-state index in [4.69, 9.17) is 17.0 Å². The second-order valence-electron chi connectivity index (χ2n) is 6.44.